The molecule has 4 aromatic rings. The van der Waals surface area contributed by atoms with E-state index in [0.29, 0.717) is 0 Å². The third-order valence-corrected chi connectivity index (χ3v) is 4.33. The second-order valence-electron chi connectivity index (χ2n) is 6.18. The first-order chi connectivity index (χ1) is 12.8. The van der Waals surface area contributed by atoms with Crippen molar-refractivity contribution in [2.45, 2.75) is 6.54 Å². The van der Waals surface area contributed by atoms with E-state index in [1.807, 2.05) is 60.4 Å². The quantitative estimate of drug-likeness (QED) is 0.569. The van der Waals surface area contributed by atoms with Gasteiger partial charge in [-0.2, -0.15) is 5.10 Å². The van der Waals surface area contributed by atoms with Crippen molar-refractivity contribution in [3.63, 3.8) is 0 Å². The number of anilines is 1. The standard InChI is InChI=1S/C22H20N4/c1-26-21(14-20(25-26)18-10-6-3-7-11-18)19-12-13-22(24-16-19)23-15-17-8-4-2-5-9-17/h2-14,16H,15H2,1H3,(H,23,24). The van der Waals surface area contributed by atoms with Crippen molar-refractivity contribution < 1.29 is 0 Å². The highest BCUT2D eigenvalue weighted by molar-refractivity contribution is 5.68. The average molecular weight is 340 g/mol. The van der Waals surface area contributed by atoms with Crippen LogP contribution >= 0.6 is 0 Å². The van der Waals surface area contributed by atoms with E-state index in [1.165, 1.54) is 5.56 Å². The first-order valence-electron chi connectivity index (χ1n) is 8.63. The first kappa shape index (κ1) is 16.1. The fourth-order valence-electron chi connectivity index (χ4n) is 2.93. The maximum Gasteiger partial charge on any atom is 0.126 e. The Morgan fingerprint density at radius 2 is 1.58 bits per heavy atom. The van der Waals surface area contributed by atoms with Crippen LogP contribution in [0.1, 0.15) is 5.56 Å². The largest absolute Gasteiger partial charge is 0.366 e. The Morgan fingerprint density at radius 1 is 0.846 bits per heavy atom. The molecule has 0 bridgehead atoms. The van der Waals surface area contributed by atoms with Crippen LogP contribution in [0.5, 0.6) is 0 Å². The van der Waals surface area contributed by atoms with Gasteiger partial charge in [-0.05, 0) is 23.8 Å². The van der Waals surface area contributed by atoms with E-state index in [-0.39, 0.29) is 0 Å². The predicted octanol–water partition coefficient (Wildman–Crippen LogP) is 4.76. The number of nitrogens with zero attached hydrogens (tertiary/aromatic N) is 3. The summed E-state index contributed by atoms with van der Waals surface area (Å²) in [6, 6.07) is 26.7. The van der Waals surface area contributed by atoms with Gasteiger partial charge in [0.25, 0.3) is 0 Å². The summed E-state index contributed by atoms with van der Waals surface area (Å²) >= 11 is 0. The Labute approximate surface area is 153 Å². The molecule has 0 aliphatic rings. The normalized spacial score (nSPS) is 10.7. The SMILES string of the molecule is Cn1nc(-c2ccccc2)cc1-c1ccc(NCc2ccccc2)nc1. The fourth-order valence-corrected chi connectivity index (χ4v) is 2.93. The van der Waals surface area contributed by atoms with Gasteiger partial charge in [-0.15, -0.1) is 0 Å². The van der Waals surface area contributed by atoms with Gasteiger partial charge in [0, 0.05) is 30.9 Å². The van der Waals surface area contributed by atoms with E-state index >= 15 is 0 Å². The van der Waals surface area contributed by atoms with Crippen molar-refractivity contribution >= 4 is 5.82 Å². The molecule has 0 aliphatic heterocycles. The third-order valence-electron chi connectivity index (χ3n) is 4.33. The highest BCUT2D eigenvalue weighted by Crippen LogP contribution is 2.25. The number of aromatic nitrogens is 3. The van der Waals surface area contributed by atoms with Crippen LogP contribution in [0.25, 0.3) is 22.5 Å². The highest BCUT2D eigenvalue weighted by Gasteiger charge is 2.09. The number of aryl methyl sites for hydroxylation is 1. The Morgan fingerprint density at radius 3 is 2.27 bits per heavy atom. The van der Waals surface area contributed by atoms with E-state index in [0.717, 1.165) is 34.9 Å². The second-order valence-corrected chi connectivity index (χ2v) is 6.18. The molecule has 4 heteroatoms. The van der Waals surface area contributed by atoms with Gasteiger partial charge in [-0.25, -0.2) is 4.98 Å². The minimum Gasteiger partial charge on any atom is -0.366 e. The summed E-state index contributed by atoms with van der Waals surface area (Å²) in [5, 5.41) is 7.98. The lowest BCUT2D eigenvalue weighted by Gasteiger charge is -2.07. The lowest BCUT2D eigenvalue weighted by atomic mass is 10.1. The van der Waals surface area contributed by atoms with Crippen molar-refractivity contribution in [1.82, 2.24) is 14.8 Å². The fraction of sp³-hybridized carbons (Fsp3) is 0.0909. The molecule has 0 unspecified atom stereocenters. The molecule has 2 aromatic carbocycles. The summed E-state index contributed by atoms with van der Waals surface area (Å²) in [5.74, 6) is 0.864. The predicted molar refractivity (Wildman–Crippen MR) is 106 cm³/mol. The Balaban J connectivity index is 1.51. The van der Waals surface area contributed by atoms with Crippen molar-refractivity contribution in [1.29, 1.82) is 0 Å². The summed E-state index contributed by atoms with van der Waals surface area (Å²) < 4.78 is 1.90. The lowest BCUT2D eigenvalue weighted by Crippen LogP contribution is -2.01. The molecule has 2 aromatic heterocycles. The molecule has 0 radical (unpaired) electrons. The Bertz CT molecular complexity index is 974. The van der Waals surface area contributed by atoms with Crippen LogP contribution in [-0.4, -0.2) is 14.8 Å². The van der Waals surface area contributed by atoms with Crippen LogP contribution in [0.15, 0.2) is 85.1 Å². The van der Waals surface area contributed by atoms with Crippen molar-refractivity contribution in [3.8, 4) is 22.5 Å². The van der Waals surface area contributed by atoms with Crippen LogP contribution in [0.3, 0.4) is 0 Å². The molecule has 128 valence electrons. The topological polar surface area (TPSA) is 42.7 Å². The molecule has 4 nitrogen and oxygen atoms in total. The number of rotatable bonds is 5. The molecule has 26 heavy (non-hydrogen) atoms. The molecule has 0 aliphatic carbocycles. The van der Waals surface area contributed by atoms with E-state index in [1.54, 1.807) is 0 Å². The molecule has 4 rings (SSSR count). The van der Waals surface area contributed by atoms with Crippen LogP contribution in [0.2, 0.25) is 0 Å². The maximum atomic E-state index is 4.63. The van der Waals surface area contributed by atoms with Gasteiger partial charge >= 0.3 is 0 Å². The second kappa shape index (κ2) is 7.23. The molecule has 0 fully saturated rings. The molecule has 1 N–H and O–H groups in total. The van der Waals surface area contributed by atoms with Gasteiger partial charge < -0.3 is 5.32 Å². The minimum absolute atomic E-state index is 0.761. The molecule has 0 spiro atoms. The van der Waals surface area contributed by atoms with Crippen molar-refractivity contribution in [2.75, 3.05) is 5.32 Å². The maximum absolute atomic E-state index is 4.63. The van der Waals surface area contributed by atoms with Gasteiger partial charge in [0.05, 0.1) is 11.4 Å². The molecule has 0 amide bonds. The number of pyridine rings is 1. The Hall–Kier alpha value is -3.40. The summed E-state index contributed by atoms with van der Waals surface area (Å²) in [7, 11) is 1.96. The van der Waals surface area contributed by atoms with Crippen molar-refractivity contribution in [3.05, 3.63) is 90.6 Å². The zero-order valence-corrected chi connectivity index (χ0v) is 14.6. The smallest absolute Gasteiger partial charge is 0.126 e. The zero-order chi connectivity index (χ0) is 17.8. The number of hydrogen-bond acceptors (Lipinski definition) is 3. The summed E-state index contributed by atoms with van der Waals surface area (Å²) in [6.45, 7) is 0.761. The van der Waals surface area contributed by atoms with Crippen molar-refractivity contribution in [2.24, 2.45) is 7.05 Å². The first-order valence-corrected chi connectivity index (χ1v) is 8.63. The number of hydrogen-bond donors (Lipinski definition) is 1. The number of nitrogens with one attached hydrogen (secondary N) is 1. The summed E-state index contributed by atoms with van der Waals surface area (Å²) in [5.41, 5.74) is 5.41. The van der Waals surface area contributed by atoms with E-state index < -0.39 is 0 Å². The molecular formula is C22H20N4. The average Bonchev–Trinajstić information content (AvgIpc) is 3.10. The molecule has 0 saturated heterocycles. The third kappa shape index (κ3) is 3.49. The monoisotopic (exact) mass is 340 g/mol. The molecular weight excluding hydrogens is 320 g/mol. The van der Waals surface area contributed by atoms with E-state index in [9.17, 15) is 0 Å². The van der Waals surface area contributed by atoms with E-state index in [2.05, 4.69) is 51.8 Å². The van der Waals surface area contributed by atoms with Crippen LogP contribution in [-0.2, 0) is 13.6 Å². The summed E-state index contributed by atoms with van der Waals surface area (Å²) in [4.78, 5) is 4.54. The zero-order valence-electron chi connectivity index (χ0n) is 14.6. The van der Waals surface area contributed by atoms with Gasteiger partial charge in [-0.1, -0.05) is 60.7 Å². The van der Waals surface area contributed by atoms with Crippen LogP contribution in [0, 0.1) is 0 Å². The van der Waals surface area contributed by atoms with Crippen LogP contribution in [0.4, 0.5) is 5.82 Å². The lowest BCUT2D eigenvalue weighted by molar-refractivity contribution is 0.779. The van der Waals surface area contributed by atoms with Crippen LogP contribution < -0.4 is 5.32 Å². The van der Waals surface area contributed by atoms with E-state index in [4.69, 9.17) is 0 Å². The van der Waals surface area contributed by atoms with Gasteiger partial charge in [-0.3, -0.25) is 4.68 Å². The molecule has 0 saturated carbocycles. The van der Waals surface area contributed by atoms with Gasteiger partial charge in [0.1, 0.15) is 5.82 Å². The highest BCUT2D eigenvalue weighted by atomic mass is 15.3. The van der Waals surface area contributed by atoms with Gasteiger partial charge in [0.2, 0.25) is 0 Å². The molecule has 0 atom stereocenters. The summed E-state index contributed by atoms with van der Waals surface area (Å²) in [6.07, 6.45) is 1.89. The molecule has 2 heterocycles. The Kier molecular flexibility index (Phi) is 4.48. The minimum atomic E-state index is 0.761. The number of benzene rings is 2. The van der Waals surface area contributed by atoms with Gasteiger partial charge in [0.15, 0.2) is 0 Å².